The van der Waals surface area contributed by atoms with Crippen LogP contribution in [0.15, 0.2) is 18.2 Å². The lowest BCUT2D eigenvalue weighted by molar-refractivity contribution is 0.577. The molecule has 3 rings (SSSR count). The van der Waals surface area contributed by atoms with Gasteiger partial charge in [-0.05, 0) is 50.5 Å². The fourth-order valence-electron chi connectivity index (χ4n) is 3.32. The lowest BCUT2D eigenvalue weighted by Crippen LogP contribution is -2.36. The summed E-state index contributed by atoms with van der Waals surface area (Å²) in [7, 11) is 1.75. The van der Waals surface area contributed by atoms with E-state index < -0.39 is 17.2 Å². The molecule has 0 spiro atoms. The Kier molecular flexibility index (Phi) is 3.71. The first-order valence-corrected chi connectivity index (χ1v) is 7.80. The van der Waals surface area contributed by atoms with E-state index >= 15 is 0 Å². The minimum Gasteiger partial charge on any atom is -0.350 e. The van der Waals surface area contributed by atoms with E-state index in [1.54, 1.807) is 18.0 Å². The summed E-state index contributed by atoms with van der Waals surface area (Å²) in [5.74, 6) is -1.63. The van der Waals surface area contributed by atoms with Gasteiger partial charge in [0.2, 0.25) is 0 Å². The van der Waals surface area contributed by atoms with Crippen LogP contribution >= 0.6 is 0 Å². The van der Waals surface area contributed by atoms with Gasteiger partial charge in [-0.25, -0.2) is 8.78 Å². The van der Waals surface area contributed by atoms with E-state index in [4.69, 9.17) is 5.26 Å². The molecular weight excluding hydrogens is 308 g/mol. The molecule has 2 aromatic rings. The zero-order chi connectivity index (χ0) is 17.8. The van der Waals surface area contributed by atoms with Gasteiger partial charge in [0.05, 0.1) is 5.69 Å². The van der Waals surface area contributed by atoms with E-state index in [9.17, 15) is 8.78 Å². The average Bonchev–Trinajstić information content (AvgIpc) is 2.75. The number of benzene rings is 2. The van der Waals surface area contributed by atoms with E-state index in [-0.39, 0.29) is 11.9 Å². The predicted octanol–water partition coefficient (Wildman–Crippen LogP) is 4.70. The molecule has 0 aliphatic carbocycles. The van der Waals surface area contributed by atoms with Gasteiger partial charge in [-0.2, -0.15) is 5.26 Å². The summed E-state index contributed by atoms with van der Waals surface area (Å²) in [5.41, 5.74) is 4.42. The largest absolute Gasteiger partial charge is 0.350 e. The second-order valence-electron chi connectivity index (χ2n) is 6.36. The molecule has 1 aliphatic rings. The molecule has 0 amide bonds. The molecule has 3 nitrogen and oxygen atoms in total. The third-order valence-corrected chi connectivity index (χ3v) is 4.90. The molecule has 0 saturated carbocycles. The Balaban J connectivity index is 2.28. The predicted molar refractivity (Wildman–Crippen MR) is 91.7 cm³/mol. The molecule has 124 valence electrons. The van der Waals surface area contributed by atoms with E-state index in [1.807, 2.05) is 38.7 Å². The van der Waals surface area contributed by atoms with Crippen molar-refractivity contribution in [3.63, 3.8) is 0 Å². The van der Waals surface area contributed by atoms with Crippen LogP contribution in [0.1, 0.15) is 29.2 Å². The van der Waals surface area contributed by atoms with Gasteiger partial charge in [0.1, 0.15) is 29.3 Å². The molecular formula is C19H19F2N3. The molecule has 1 heterocycles. The molecule has 24 heavy (non-hydrogen) atoms. The van der Waals surface area contributed by atoms with Crippen molar-refractivity contribution in [3.8, 4) is 6.07 Å². The van der Waals surface area contributed by atoms with Crippen LogP contribution in [0.25, 0.3) is 0 Å². The van der Waals surface area contributed by atoms with Crippen LogP contribution in [0, 0.1) is 43.7 Å². The van der Waals surface area contributed by atoms with Gasteiger partial charge >= 0.3 is 0 Å². The molecule has 0 fully saturated rings. The van der Waals surface area contributed by atoms with Crippen molar-refractivity contribution >= 4 is 17.1 Å². The normalized spacial score (nSPS) is 16.3. The van der Waals surface area contributed by atoms with Crippen molar-refractivity contribution < 1.29 is 8.78 Å². The number of hydrogen-bond acceptors (Lipinski definition) is 3. The first-order valence-electron chi connectivity index (χ1n) is 7.80. The van der Waals surface area contributed by atoms with Gasteiger partial charge in [-0.1, -0.05) is 6.07 Å². The van der Waals surface area contributed by atoms with Crippen molar-refractivity contribution in [1.82, 2.24) is 0 Å². The van der Waals surface area contributed by atoms with E-state index in [2.05, 4.69) is 6.07 Å². The minimum absolute atomic E-state index is 0.191. The first-order chi connectivity index (χ1) is 11.3. The maximum Gasteiger partial charge on any atom is 0.169 e. The van der Waals surface area contributed by atoms with Crippen LogP contribution in [-0.4, -0.2) is 13.2 Å². The van der Waals surface area contributed by atoms with E-state index in [0.717, 1.165) is 16.8 Å². The summed E-state index contributed by atoms with van der Waals surface area (Å²) >= 11 is 0. The van der Waals surface area contributed by atoms with Crippen molar-refractivity contribution in [2.75, 3.05) is 16.8 Å². The molecule has 2 aromatic carbocycles. The summed E-state index contributed by atoms with van der Waals surface area (Å²) in [6.07, 6.45) is -0.191. The van der Waals surface area contributed by atoms with Crippen molar-refractivity contribution in [1.29, 1.82) is 5.26 Å². The Morgan fingerprint density at radius 3 is 2.25 bits per heavy atom. The number of rotatable bonds is 1. The Morgan fingerprint density at radius 1 is 1.00 bits per heavy atom. The second kappa shape index (κ2) is 5.48. The Bertz CT molecular complexity index is 883. The highest BCUT2D eigenvalue weighted by molar-refractivity contribution is 5.86. The average molecular weight is 327 g/mol. The van der Waals surface area contributed by atoms with Crippen LogP contribution in [0.2, 0.25) is 0 Å². The molecule has 0 radical (unpaired) electrons. The first kappa shape index (κ1) is 16.3. The number of nitrogens with zero attached hydrogens (tertiary/aromatic N) is 3. The van der Waals surface area contributed by atoms with Crippen LogP contribution in [0.5, 0.6) is 0 Å². The van der Waals surface area contributed by atoms with Crippen LogP contribution in [0.3, 0.4) is 0 Å². The van der Waals surface area contributed by atoms with Crippen LogP contribution < -0.4 is 9.80 Å². The quantitative estimate of drug-likeness (QED) is 0.761. The lowest BCUT2D eigenvalue weighted by Gasteiger charge is -2.29. The zero-order valence-electron chi connectivity index (χ0n) is 14.4. The maximum atomic E-state index is 14.7. The van der Waals surface area contributed by atoms with E-state index in [0.29, 0.717) is 5.69 Å². The molecule has 0 bridgehead atoms. The highest BCUT2D eigenvalue weighted by Crippen LogP contribution is 2.47. The monoisotopic (exact) mass is 327 g/mol. The number of hydrogen-bond donors (Lipinski definition) is 0. The Hall–Kier alpha value is -2.61. The third kappa shape index (κ3) is 2.14. The van der Waals surface area contributed by atoms with Gasteiger partial charge in [0.25, 0.3) is 0 Å². The van der Waals surface area contributed by atoms with Crippen molar-refractivity contribution in [2.45, 2.75) is 33.9 Å². The molecule has 0 N–H and O–H groups in total. The van der Waals surface area contributed by atoms with Crippen molar-refractivity contribution in [3.05, 3.63) is 52.1 Å². The lowest BCUT2D eigenvalue weighted by atomic mass is 10.0. The second-order valence-corrected chi connectivity index (χ2v) is 6.36. The number of fused-ring (bicyclic) bond motifs is 1. The smallest absolute Gasteiger partial charge is 0.169 e. The zero-order valence-corrected chi connectivity index (χ0v) is 14.4. The summed E-state index contributed by atoms with van der Waals surface area (Å²) in [4.78, 5) is 3.66. The molecule has 0 unspecified atom stereocenters. The SMILES string of the molecule is Cc1cc(C)c(N2c3cc(F)c(C#N)c(F)c3N(C)[C@@H]2C)cc1C. The summed E-state index contributed by atoms with van der Waals surface area (Å²) < 4.78 is 28.8. The fraction of sp³-hybridized carbons (Fsp3) is 0.316. The molecule has 1 atom stereocenters. The molecule has 5 heteroatoms. The van der Waals surface area contributed by atoms with Gasteiger partial charge in [-0.3, -0.25) is 0 Å². The topological polar surface area (TPSA) is 30.3 Å². The maximum absolute atomic E-state index is 14.7. The molecule has 0 saturated heterocycles. The van der Waals surface area contributed by atoms with Crippen LogP contribution in [0.4, 0.5) is 25.8 Å². The van der Waals surface area contributed by atoms with E-state index in [1.165, 1.54) is 11.6 Å². The van der Waals surface area contributed by atoms with Gasteiger partial charge < -0.3 is 9.80 Å². The minimum atomic E-state index is -0.831. The standard InChI is InChI=1S/C19H19F2N3/c1-10-6-12(3)16(7-11(10)2)24-13(4)23(5)19-17(24)8-15(20)14(9-22)18(19)21/h6-8,13H,1-5H3/t13-/m0/s1. The van der Waals surface area contributed by atoms with Gasteiger partial charge in [0, 0.05) is 18.8 Å². The third-order valence-electron chi connectivity index (χ3n) is 4.90. The number of anilines is 3. The summed E-state index contributed by atoms with van der Waals surface area (Å²) in [5, 5.41) is 9.01. The highest BCUT2D eigenvalue weighted by atomic mass is 19.1. The molecule has 1 aliphatic heterocycles. The number of aryl methyl sites for hydroxylation is 3. The molecule has 0 aromatic heterocycles. The Morgan fingerprint density at radius 2 is 1.62 bits per heavy atom. The summed E-state index contributed by atoms with van der Waals surface area (Å²) in [6.45, 7) is 7.97. The highest BCUT2D eigenvalue weighted by Gasteiger charge is 2.37. The number of nitriles is 1. The van der Waals surface area contributed by atoms with Crippen molar-refractivity contribution in [2.24, 2.45) is 0 Å². The fourth-order valence-corrected chi connectivity index (χ4v) is 3.32. The number of halogens is 2. The van der Waals surface area contributed by atoms with Gasteiger partial charge in [0.15, 0.2) is 5.82 Å². The van der Waals surface area contributed by atoms with Crippen LogP contribution in [-0.2, 0) is 0 Å². The Labute approximate surface area is 140 Å². The summed E-state index contributed by atoms with van der Waals surface area (Å²) in [6, 6.07) is 6.99. The van der Waals surface area contributed by atoms with Gasteiger partial charge in [-0.15, -0.1) is 0 Å².